The maximum atomic E-state index is 13.1. The minimum absolute atomic E-state index is 0.0272. The quantitative estimate of drug-likeness (QED) is 0.663. The highest BCUT2D eigenvalue weighted by Crippen LogP contribution is 2.35. The Balaban J connectivity index is 1.71. The molecule has 1 N–H and O–H groups in total. The number of nitrogens with one attached hydrogen (secondary N) is 1. The number of ether oxygens (including phenoxy) is 2. The highest BCUT2D eigenvalue weighted by molar-refractivity contribution is 7.91. The fourth-order valence-corrected chi connectivity index (χ4v) is 5.70. The Kier molecular flexibility index (Phi) is 4.97. The maximum absolute atomic E-state index is 13.1. The second-order valence-electron chi connectivity index (χ2n) is 7.45. The second-order valence-corrected chi connectivity index (χ2v) is 9.68. The van der Waals surface area contributed by atoms with Crippen LogP contribution in [-0.2, 0) is 16.9 Å². The Bertz CT molecular complexity index is 1240. The van der Waals surface area contributed by atoms with Gasteiger partial charge in [-0.2, -0.15) is 5.10 Å². The van der Waals surface area contributed by atoms with Gasteiger partial charge in [0.25, 0.3) is 5.91 Å². The van der Waals surface area contributed by atoms with Crippen LogP contribution in [-0.4, -0.2) is 54.4 Å². The zero-order valence-electron chi connectivity index (χ0n) is 17.3. The van der Waals surface area contributed by atoms with Gasteiger partial charge in [0.2, 0.25) is 0 Å². The first-order chi connectivity index (χ1) is 14.2. The highest BCUT2D eigenvalue weighted by atomic mass is 32.2. The van der Waals surface area contributed by atoms with E-state index < -0.39 is 9.84 Å². The topological polar surface area (TPSA) is 104 Å². The molecule has 0 bridgehead atoms. The lowest BCUT2D eigenvalue weighted by Crippen LogP contribution is -2.21. The van der Waals surface area contributed by atoms with Crippen molar-refractivity contribution < 1.29 is 22.7 Å². The summed E-state index contributed by atoms with van der Waals surface area (Å²) in [5.74, 6) is 1.57. The number of fused-ring (bicyclic) bond motifs is 1. The van der Waals surface area contributed by atoms with Crippen LogP contribution in [0, 0.1) is 6.92 Å². The molecule has 9 nitrogen and oxygen atoms in total. The number of methoxy groups -OCH3 is 2. The van der Waals surface area contributed by atoms with Crippen molar-refractivity contribution in [1.82, 2.24) is 14.3 Å². The summed E-state index contributed by atoms with van der Waals surface area (Å²) in [5.41, 5.74) is 1.86. The van der Waals surface area contributed by atoms with Crippen molar-refractivity contribution in [3.63, 3.8) is 0 Å². The predicted molar refractivity (Wildman–Crippen MR) is 113 cm³/mol. The minimum atomic E-state index is -3.08. The summed E-state index contributed by atoms with van der Waals surface area (Å²) in [6.07, 6.45) is 0.481. The van der Waals surface area contributed by atoms with Crippen molar-refractivity contribution in [3.8, 4) is 11.5 Å². The molecule has 1 aliphatic heterocycles. The van der Waals surface area contributed by atoms with Crippen molar-refractivity contribution in [3.05, 3.63) is 35.7 Å². The molecule has 0 unspecified atom stereocenters. The number of sulfone groups is 1. The number of amides is 1. The standard InChI is InChI=1S/C20H24N4O5S/c1-12-9-18(24(22-12)13-7-8-30(26,27)11-13)21-20(25)15-10-14-16(28-3)5-6-17(29-4)19(14)23(15)2/h5-6,9-10,13H,7-8,11H2,1-4H3,(H,21,25)/t13-/m0/s1. The maximum Gasteiger partial charge on any atom is 0.273 e. The number of aromatic nitrogens is 3. The lowest BCUT2D eigenvalue weighted by Gasteiger charge is -2.14. The molecule has 3 aromatic rings. The van der Waals surface area contributed by atoms with Gasteiger partial charge in [0.05, 0.1) is 43.0 Å². The Hall–Kier alpha value is -3.01. The number of benzene rings is 1. The molecule has 2 aromatic heterocycles. The number of anilines is 1. The van der Waals surface area contributed by atoms with Crippen LogP contribution in [0.5, 0.6) is 11.5 Å². The molecule has 1 fully saturated rings. The average molecular weight is 433 g/mol. The fourth-order valence-electron chi connectivity index (χ4n) is 4.01. The van der Waals surface area contributed by atoms with Crippen LogP contribution in [0.15, 0.2) is 24.3 Å². The molecule has 10 heteroatoms. The summed E-state index contributed by atoms with van der Waals surface area (Å²) < 4.78 is 38.0. The molecule has 0 spiro atoms. The number of rotatable bonds is 5. The van der Waals surface area contributed by atoms with Gasteiger partial charge in [-0.15, -0.1) is 0 Å². The lowest BCUT2D eigenvalue weighted by molar-refractivity contribution is 0.101. The smallest absolute Gasteiger partial charge is 0.273 e. The van der Waals surface area contributed by atoms with E-state index in [2.05, 4.69) is 10.4 Å². The first kappa shape index (κ1) is 20.3. The number of hydrogen-bond acceptors (Lipinski definition) is 6. The molecular weight excluding hydrogens is 408 g/mol. The van der Waals surface area contributed by atoms with E-state index in [9.17, 15) is 13.2 Å². The summed E-state index contributed by atoms with van der Waals surface area (Å²) in [6, 6.07) is 6.79. The Morgan fingerprint density at radius 1 is 1.20 bits per heavy atom. The van der Waals surface area contributed by atoms with Gasteiger partial charge in [-0.05, 0) is 31.5 Å². The van der Waals surface area contributed by atoms with Gasteiger partial charge in [-0.3, -0.25) is 4.79 Å². The summed E-state index contributed by atoms with van der Waals surface area (Å²) in [5, 5.41) is 8.07. The molecule has 160 valence electrons. The van der Waals surface area contributed by atoms with E-state index in [0.717, 1.165) is 10.9 Å². The molecule has 1 amide bonds. The normalized spacial score (nSPS) is 17.9. The summed E-state index contributed by atoms with van der Waals surface area (Å²) in [4.78, 5) is 13.1. The zero-order valence-corrected chi connectivity index (χ0v) is 18.1. The third-order valence-electron chi connectivity index (χ3n) is 5.44. The van der Waals surface area contributed by atoms with Crippen LogP contribution in [0.4, 0.5) is 5.82 Å². The molecule has 30 heavy (non-hydrogen) atoms. The van der Waals surface area contributed by atoms with E-state index in [1.807, 2.05) is 6.92 Å². The van der Waals surface area contributed by atoms with E-state index in [4.69, 9.17) is 9.47 Å². The third kappa shape index (κ3) is 3.41. The number of carbonyl (C=O) groups is 1. The van der Waals surface area contributed by atoms with Crippen LogP contribution in [0.3, 0.4) is 0 Å². The minimum Gasteiger partial charge on any atom is -0.496 e. The van der Waals surface area contributed by atoms with Crippen LogP contribution in [0.2, 0.25) is 0 Å². The molecule has 0 radical (unpaired) electrons. The number of aryl methyl sites for hydroxylation is 2. The van der Waals surface area contributed by atoms with Crippen molar-refractivity contribution in [2.45, 2.75) is 19.4 Å². The molecule has 0 aliphatic carbocycles. The van der Waals surface area contributed by atoms with Gasteiger partial charge in [0, 0.05) is 18.5 Å². The van der Waals surface area contributed by atoms with Gasteiger partial charge in [-0.25, -0.2) is 13.1 Å². The predicted octanol–water partition coefficient (Wildman–Crippen LogP) is 2.31. The largest absolute Gasteiger partial charge is 0.496 e. The van der Waals surface area contributed by atoms with Gasteiger partial charge in [-0.1, -0.05) is 0 Å². The van der Waals surface area contributed by atoms with Crippen molar-refractivity contribution in [1.29, 1.82) is 0 Å². The van der Waals surface area contributed by atoms with Crippen molar-refractivity contribution in [2.75, 3.05) is 31.0 Å². The average Bonchev–Trinajstić information content (AvgIpc) is 3.36. The Labute approximate surface area is 174 Å². The summed E-state index contributed by atoms with van der Waals surface area (Å²) in [6.45, 7) is 1.81. The van der Waals surface area contributed by atoms with E-state index in [-0.39, 0.29) is 23.5 Å². The first-order valence-corrected chi connectivity index (χ1v) is 11.3. The van der Waals surface area contributed by atoms with Gasteiger partial charge in [0.15, 0.2) is 9.84 Å². The van der Waals surface area contributed by atoms with Gasteiger partial charge in [0.1, 0.15) is 23.0 Å². The fraction of sp³-hybridized carbons (Fsp3) is 0.400. The highest BCUT2D eigenvalue weighted by Gasteiger charge is 2.31. The van der Waals surface area contributed by atoms with E-state index in [1.165, 1.54) is 0 Å². The summed E-state index contributed by atoms with van der Waals surface area (Å²) in [7, 11) is 1.86. The Morgan fingerprint density at radius 2 is 1.90 bits per heavy atom. The zero-order chi connectivity index (χ0) is 21.6. The molecule has 0 saturated carbocycles. The van der Waals surface area contributed by atoms with Crippen LogP contribution in [0.25, 0.3) is 10.9 Å². The number of carbonyl (C=O) groups excluding carboxylic acids is 1. The Morgan fingerprint density at radius 3 is 2.53 bits per heavy atom. The van der Waals surface area contributed by atoms with Crippen LogP contribution in [0.1, 0.15) is 28.6 Å². The van der Waals surface area contributed by atoms with E-state index in [0.29, 0.717) is 35.1 Å². The molecule has 3 heterocycles. The van der Waals surface area contributed by atoms with Crippen LogP contribution >= 0.6 is 0 Å². The third-order valence-corrected chi connectivity index (χ3v) is 7.19. The SMILES string of the molecule is COc1ccc(OC)c2c1cc(C(=O)Nc1cc(C)nn1[C@H]1CCS(=O)(=O)C1)n2C. The molecule has 1 aliphatic rings. The number of nitrogens with zero attached hydrogens (tertiary/aromatic N) is 3. The van der Waals surface area contributed by atoms with Gasteiger partial charge < -0.3 is 19.4 Å². The van der Waals surface area contributed by atoms with Gasteiger partial charge >= 0.3 is 0 Å². The monoisotopic (exact) mass is 432 g/mol. The van der Waals surface area contributed by atoms with Crippen LogP contribution < -0.4 is 14.8 Å². The molecule has 1 aromatic carbocycles. The number of hydrogen-bond donors (Lipinski definition) is 1. The lowest BCUT2D eigenvalue weighted by atomic mass is 10.2. The van der Waals surface area contributed by atoms with Crippen molar-refractivity contribution >= 4 is 32.5 Å². The van der Waals surface area contributed by atoms with E-state index in [1.54, 1.807) is 54.8 Å². The first-order valence-electron chi connectivity index (χ1n) is 9.52. The summed E-state index contributed by atoms with van der Waals surface area (Å²) >= 11 is 0. The van der Waals surface area contributed by atoms with E-state index >= 15 is 0 Å². The second kappa shape index (κ2) is 7.35. The molecule has 4 rings (SSSR count). The molecular formula is C20H24N4O5S. The van der Waals surface area contributed by atoms with Crippen molar-refractivity contribution in [2.24, 2.45) is 7.05 Å². The molecule has 1 atom stereocenters. The molecule has 1 saturated heterocycles.